The van der Waals surface area contributed by atoms with E-state index in [0.717, 1.165) is 17.8 Å². The molecule has 0 saturated heterocycles. The zero-order chi connectivity index (χ0) is 18.6. The summed E-state index contributed by atoms with van der Waals surface area (Å²) in [5.74, 6) is 0. The first-order chi connectivity index (χ1) is 12.4. The van der Waals surface area contributed by atoms with Crippen LogP contribution in [0.15, 0.2) is 83.8 Å². The van der Waals surface area contributed by atoms with Crippen LogP contribution in [-0.2, 0) is 16.6 Å². The van der Waals surface area contributed by atoms with Gasteiger partial charge in [0.25, 0.3) is 10.0 Å². The van der Waals surface area contributed by atoms with Crippen LogP contribution in [0.5, 0.6) is 0 Å². The van der Waals surface area contributed by atoms with Crippen molar-refractivity contribution < 1.29 is 8.42 Å². The smallest absolute Gasteiger partial charge is 0.261 e. The molecule has 0 aliphatic carbocycles. The number of benzene rings is 3. The lowest BCUT2D eigenvalue weighted by Crippen LogP contribution is -2.16. The molecule has 0 spiro atoms. The minimum Gasteiger partial charge on any atom is -0.370 e. The summed E-state index contributed by atoms with van der Waals surface area (Å²) in [4.78, 5) is 2.38. The molecule has 5 heteroatoms. The van der Waals surface area contributed by atoms with E-state index in [1.165, 1.54) is 5.56 Å². The lowest BCUT2D eigenvalue weighted by molar-refractivity contribution is 0.601. The van der Waals surface area contributed by atoms with E-state index in [4.69, 9.17) is 0 Å². The SMILES string of the molecule is Cc1ccc(S(=O)(=O)Nc2ccc(N(C)Cc3ccccc3)cc2)cc1. The number of rotatable bonds is 6. The third-order valence-electron chi connectivity index (χ3n) is 4.15. The van der Waals surface area contributed by atoms with Crippen LogP contribution in [-0.4, -0.2) is 15.5 Å². The fourth-order valence-electron chi connectivity index (χ4n) is 2.66. The van der Waals surface area contributed by atoms with Crippen molar-refractivity contribution in [1.29, 1.82) is 0 Å². The Labute approximate surface area is 155 Å². The molecular weight excluding hydrogens is 344 g/mol. The van der Waals surface area contributed by atoms with Gasteiger partial charge in [-0.25, -0.2) is 8.42 Å². The van der Waals surface area contributed by atoms with E-state index in [-0.39, 0.29) is 4.90 Å². The predicted molar refractivity (Wildman–Crippen MR) is 107 cm³/mol. The van der Waals surface area contributed by atoms with E-state index in [0.29, 0.717) is 5.69 Å². The molecular formula is C21H22N2O2S. The number of nitrogens with one attached hydrogen (secondary N) is 1. The fourth-order valence-corrected chi connectivity index (χ4v) is 3.72. The molecule has 0 atom stereocenters. The zero-order valence-electron chi connectivity index (χ0n) is 14.9. The van der Waals surface area contributed by atoms with Crippen LogP contribution in [0, 0.1) is 6.92 Å². The van der Waals surface area contributed by atoms with Crippen molar-refractivity contribution in [2.24, 2.45) is 0 Å². The maximum atomic E-state index is 12.5. The fraction of sp³-hybridized carbons (Fsp3) is 0.143. The molecule has 3 aromatic rings. The Kier molecular flexibility index (Phi) is 5.28. The molecule has 0 heterocycles. The molecule has 0 saturated carbocycles. The van der Waals surface area contributed by atoms with Crippen molar-refractivity contribution in [3.8, 4) is 0 Å². The Balaban J connectivity index is 1.70. The number of hydrogen-bond acceptors (Lipinski definition) is 3. The highest BCUT2D eigenvalue weighted by Crippen LogP contribution is 2.21. The predicted octanol–water partition coefficient (Wildman–Crippen LogP) is 4.43. The molecule has 0 fully saturated rings. The van der Waals surface area contributed by atoms with Gasteiger partial charge >= 0.3 is 0 Å². The molecule has 1 N–H and O–H groups in total. The first-order valence-corrected chi connectivity index (χ1v) is 9.87. The van der Waals surface area contributed by atoms with Gasteiger partial charge in [0.15, 0.2) is 0 Å². The van der Waals surface area contributed by atoms with Crippen LogP contribution in [0.3, 0.4) is 0 Å². The van der Waals surface area contributed by atoms with Gasteiger partial charge in [0.1, 0.15) is 0 Å². The van der Waals surface area contributed by atoms with Crippen LogP contribution in [0.2, 0.25) is 0 Å². The summed E-state index contributed by atoms with van der Waals surface area (Å²) in [6.07, 6.45) is 0. The third kappa shape index (κ3) is 4.43. The van der Waals surface area contributed by atoms with Crippen LogP contribution in [0.25, 0.3) is 0 Å². The van der Waals surface area contributed by atoms with Crippen molar-refractivity contribution in [2.75, 3.05) is 16.7 Å². The van der Waals surface area contributed by atoms with Gasteiger partial charge < -0.3 is 4.90 Å². The Morgan fingerprint density at radius 2 is 1.46 bits per heavy atom. The van der Waals surface area contributed by atoms with Crippen molar-refractivity contribution in [3.05, 3.63) is 90.0 Å². The summed E-state index contributed by atoms with van der Waals surface area (Å²) >= 11 is 0. The van der Waals surface area contributed by atoms with Crippen LogP contribution in [0.4, 0.5) is 11.4 Å². The molecule has 0 aromatic heterocycles. The van der Waals surface area contributed by atoms with Gasteiger partial charge in [0, 0.05) is 25.0 Å². The molecule has 26 heavy (non-hydrogen) atoms. The molecule has 0 bridgehead atoms. The summed E-state index contributed by atoms with van der Waals surface area (Å²) in [7, 11) is -1.56. The minimum atomic E-state index is -3.58. The standard InChI is InChI=1S/C21H22N2O2S/c1-17-8-14-21(15-9-17)26(24,25)22-19-10-12-20(13-11-19)23(2)16-18-6-4-3-5-7-18/h3-15,22H,16H2,1-2H3. The quantitative estimate of drug-likeness (QED) is 0.702. The van der Waals surface area contributed by atoms with Gasteiger partial charge in [-0.1, -0.05) is 48.0 Å². The minimum absolute atomic E-state index is 0.258. The van der Waals surface area contributed by atoms with Gasteiger partial charge in [0.2, 0.25) is 0 Å². The van der Waals surface area contributed by atoms with Gasteiger partial charge in [-0.05, 0) is 48.9 Å². The maximum absolute atomic E-state index is 12.5. The second-order valence-electron chi connectivity index (χ2n) is 6.31. The first kappa shape index (κ1) is 18.0. The second-order valence-corrected chi connectivity index (χ2v) is 7.99. The number of nitrogens with zero attached hydrogens (tertiary/aromatic N) is 1. The van der Waals surface area contributed by atoms with E-state index < -0.39 is 10.0 Å². The zero-order valence-corrected chi connectivity index (χ0v) is 15.7. The van der Waals surface area contributed by atoms with Gasteiger partial charge in [-0.2, -0.15) is 0 Å². The van der Waals surface area contributed by atoms with Crippen LogP contribution >= 0.6 is 0 Å². The Bertz CT molecular complexity index is 951. The summed E-state index contributed by atoms with van der Waals surface area (Å²) in [5.41, 5.74) is 3.81. The Hall–Kier alpha value is -2.79. The average Bonchev–Trinajstić information content (AvgIpc) is 2.63. The summed E-state index contributed by atoms with van der Waals surface area (Å²) < 4.78 is 27.5. The molecule has 0 aliphatic rings. The monoisotopic (exact) mass is 366 g/mol. The molecule has 3 rings (SSSR count). The van der Waals surface area contributed by atoms with Gasteiger partial charge in [0.05, 0.1) is 4.90 Å². The third-order valence-corrected chi connectivity index (χ3v) is 5.55. The molecule has 0 amide bonds. The largest absolute Gasteiger partial charge is 0.370 e. The average molecular weight is 366 g/mol. The van der Waals surface area contributed by atoms with E-state index in [1.807, 2.05) is 44.3 Å². The van der Waals surface area contributed by atoms with E-state index in [9.17, 15) is 8.42 Å². The Morgan fingerprint density at radius 3 is 2.08 bits per heavy atom. The summed E-state index contributed by atoms with van der Waals surface area (Å²) in [6.45, 7) is 2.71. The summed E-state index contributed by atoms with van der Waals surface area (Å²) in [5, 5.41) is 0. The molecule has 3 aromatic carbocycles. The topological polar surface area (TPSA) is 49.4 Å². The normalized spacial score (nSPS) is 11.2. The van der Waals surface area contributed by atoms with Crippen LogP contribution < -0.4 is 9.62 Å². The molecule has 134 valence electrons. The van der Waals surface area contributed by atoms with Crippen molar-refractivity contribution in [2.45, 2.75) is 18.4 Å². The maximum Gasteiger partial charge on any atom is 0.261 e. The number of hydrogen-bond donors (Lipinski definition) is 1. The molecule has 0 radical (unpaired) electrons. The van der Waals surface area contributed by atoms with Crippen molar-refractivity contribution in [1.82, 2.24) is 0 Å². The Morgan fingerprint density at radius 1 is 0.846 bits per heavy atom. The van der Waals surface area contributed by atoms with Crippen LogP contribution in [0.1, 0.15) is 11.1 Å². The molecule has 0 aliphatic heterocycles. The number of aryl methyl sites for hydroxylation is 1. The number of sulfonamides is 1. The second kappa shape index (κ2) is 7.62. The highest BCUT2D eigenvalue weighted by Gasteiger charge is 2.14. The molecule has 4 nitrogen and oxygen atoms in total. The van der Waals surface area contributed by atoms with E-state index >= 15 is 0 Å². The van der Waals surface area contributed by atoms with Crippen molar-refractivity contribution in [3.63, 3.8) is 0 Å². The first-order valence-electron chi connectivity index (χ1n) is 8.39. The van der Waals surface area contributed by atoms with Gasteiger partial charge in [-0.15, -0.1) is 0 Å². The van der Waals surface area contributed by atoms with Crippen molar-refractivity contribution >= 4 is 21.4 Å². The van der Waals surface area contributed by atoms with Gasteiger partial charge in [-0.3, -0.25) is 4.72 Å². The van der Waals surface area contributed by atoms with E-state index in [2.05, 4.69) is 21.8 Å². The highest BCUT2D eigenvalue weighted by molar-refractivity contribution is 7.92. The molecule has 0 unspecified atom stereocenters. The number of anilines is 2. The lowest BCUT2D eigenvalue weighted by Gasteiger charge is -2.20. The highest BCUT2D eigenvalue weighted by atomic mass is 32.2. The lowest BCUT2D eigenvalue weighted by atomic mass is 10.2. The summed E-state index contributed by atoms with van der Waals surface area (Å²) in [6, 6.07) is 24.4. The van der Waals surface area contributed by atoms with E-state index in [1.54, 1.807) is 36.4 Å².